The minimum absolute atomic E-state index is 0.253. The monoisotopic (exact) mass is 347 g/mol. The molecule has 5 nitrogen and oxygen atoms in total. The lowest BCUT2D eigenvalue weighted by Gasteiger charge is -2.10. The van der Waals surface area contributed by atoms with Crippen LogP contribution in [0, 0.1) is 5.92 Å². The van der Waals surface area contributed by atoms with Crippen molar-refractivity contribution in [3.8, 4) is 0 Å². The number of fused-ring (bicyclic) bond motifs is 1. The topological polar surface area (TPSA) is 67.5 Å². The molecular formula is C21H21N3O2. The summed E-state index contributed by atoms with van der Waals surface area (Å²) in [5, 5.41) is 4.79. The van der Waals surface area contributed by atoms with Crippen molar-refractivity contribution in [2.24, 2.45) is 11.0 Å². The number of para-hydroxylation sites is 1. The first-order valence-electron chi connectivity index (χ1n) is 8.55. The van der Waals surface area contributed by atoms with E-state index in [2.05, 4.69) is 29.4 Å². The highest BCUT2D eigenvalue weighted by molar-refractivity contribution is 6.06. The number of furan rings is 1. The average molecular weight is 347 g/mol. The van der Waals surface area contributed by atoms with E-state index >= 15 is 0 Å². The van der Waals surface area contributed by atoms with Gasteiger partial charge in [-0.1, -0.05) is 32.0 Å². The second-order valence-corrected chi connectivity index (χ2v) is 6.37. The van der Waals surface area contributed by atoms with Crippen molar-refractivity contribution in [3.63, 3.8) is 0 Å². The molecule has 2 aromatic heterocycles. The van der Waals surface area contributed by atoms with Gasteiger partial charge in [0.25, 0.3) is 5.91 Å². The lowest BCUT2D eigenvalue weighted by Crippen LogP contribution is -2.18. The van der Waals surface area contributed by atoms with Gasteiger partial charge in [-0.15, -0.1) is 0 Å². The van der Waals surface area contributed by atoms with Gasteiger partial charge >= 0.3 is 0 Å². The van der Waals surface area contributed by atoms with E-state index in [1.807, 2.05) is 42.5 Å². The quantitative estimate of drug-likeness (QED) is 0.529. The van der Waals surface area contributed by atoms with Gasteiger partial charge in [0.05, 0.1) is 17.3 Å². The lowest BCUT2D eigenvalue weighted by atomic mass is 10.0. The van der Waals surface area contributed by atoms with Gasteiger partial charge in [-0.3, -0.25) is 9.78 Å². The SMILES string of the molecule is CC(C)Cc1cc(C(=O)N/N=C\C=C\c2ccco2)c2ccccc2n1. The number of benzene rings is 1. The first-order chi connectivity index (χ1) is 12.6. The zero-order valence-electron chi connectivity index (χ0n) is 14.8. The van der Waals surface area contributed by atoms with Crippen LogP contribution in [0.1, 0.15) is 35.7 Å². The number of pyridine rings is 1. The highest BCUT2D eigenvalue weighted by Crippen LogP contribution is 2.20. The van der Waals surface area contributed by atoms with Gasteiger partial charge in [-0.05, 0) is 48.8 Å². The predicted octanol–water partition coefficient (Wildman–Crippen LogP) is 4.46. The number of hydrazone groups is 1. The molecule has 0 radical (unpaired) electrons. The normalized spacial score (nSPS) is 11.8. The van der Waals surface area contributed by atoms with Gasteiger partial charge in [0, 0.05) is 17.3 Å². The molecule has 0 aliphatic rings. The summed E-state index contributed by atoms with van der Waals surface area (Å²) in [7, 11) is 0. The maximum Gasteiger partial charge on any atom is 0.272 e. The van der Waals surface area contributed by atoms with Gasteiger partial charge in [-0.25, -0.2) is 5.43 Å². The molecule has 2 heterocycles. The number of hydrogen-bond donors (Lipinski definition) is 1. The molecule has 0 atom stereocenters. The number of aromatic nitrogens is 1. The molecule has 0 spiro atoms. The van der Waals surface area contributed by atoms with Crippen molar-refractivity contribution >= 4 is 29.1 Å². The van der Waals surface area contributed by atoms with Gasteiger partial charge in [0.2, 0.25) is 0 Å². The molecule has 0 aliphatic heterocycles. The van der Waals surface area contributed by atoms with Gasteiger partial charge in [0.15, 0.2) is 0 Å². The van der Waals surface area contributed by atoms with Crippen molar-refractivity contribution < 1.29 is 9.21 Å². The van der Waals surface area contributed by atoms with Gasteiger partial charge in [0.1, 0.15) is 5.76 Å². The highest BCUT2D eigenvalue weighted by Gasteiger charge is 2.13. The Labute approximate surface area is 152 Å². The van der Waals surface area contributed by atoms with E-state index in [1.165, 1.54) is 6.21 Å². The Hall–Kier alpha value is -3.21. The summed E-state index contributed by atoms with van der Waals surface area (Å²) in [5.41, 5.74) is 4.88. The molecule has 0 saturated heterocycles. The van der Waals surface area contributed by atoms with Crippen molar-refractivity contribution in [1.29, 1.82) is 0 Å². The number of amides is 1. The molecule has 3 aromatic rings. The standard InChI is InChI=1S/C21H21N3O2/c1-15(2)13-16-14-19(18-9-3-4-10-20(18)23-16)21(25)24-22-11-5-7-17-8-6-12-26-17/h3-12,14-15H,13H2,1-2H3,(H,24,25)/b7-5+,22-11-. The van der Waals surface area contributed by atoms with Gasteiger partial charge in [-0.2, -0.15) is 5.10 Å². The first kappa shape index (κ1) is 17.6. The molecule has 5 heteroatoms. The van der Waals surface area contributed by atoms with E-state index in [1.54, 1.807) is 18.4 Å². The number of allylic oxidation sites excluding steroid dienone is 1. The van der Waals surface area contributed by atoms with E-state index in [-0.39, 0.29) is 5.91 Å². The van der Waals surface area contributed by atoms with E-state index in [9.17, 15) is 4.79 Å². The molecule has 0 bridgehead atoms. The molecule has 3 rings (SSSR count). The first-order valence-corrected chi connectivity index (χ1v) is 8.55. The minimum Gasteiger partial charge on any atom is -0.465 e. The summed E-state index contributed by atoms with van der Waals surface area (Å²) in [4.78, 5) is 17.2. The van der Waals surface area contributed by atoms with Crippen LogP contribution in [0.4, 0.5) is 0 Å². The molecular weight excluding hydrogens is 326 g/mol. The molecule has 0 saturated carbocycles. The predicted molar refractivity (Wildman–Crippen MR) is 104 cm³/mol. The fraction of sp³-hybridized carbons (Fsp3) is 0.190. The van der Waals surface area contributed by atoms with Crippen molar-refractivity contribution in [1.82, 2.24) is 10.4 Å². The van der Waals surface area contributed by atoms with E-state index in [0.717, 1.165) is 28.8 Å². The number of rotatable bonds is 6. The molecule has 0 fully saturated rings. The molecule has 0 unspecified atom stereocenters. The summed E-state index contributed by atoms with van der Waals surface area (Å²) in [6.45, 7) is 4.26. The van der Waals surface area contributed by atoms with Gasteiger partial charge < -0.3 is 4.42 Å². The Kier molecular flexibility index (Phi) is 5.59. The van der Waals surface area contributed by atoms with Crippen LogP contribution in [0.15, 0.2) is 64.3 Å². The third-order valence-corrected chi connectivity index (χ3v) is 3.76. The molecule has 1 aromatic carbocycles. The van der Waals surface area contributed by atoms with E-state index < -0.39 is 0 Å². The molecule has 132 valence electrons. The fourth-order valence-corrected chi connectivity index (χ4v) is 2.66. The maximum absolute atomic E-state index is 12.6. The van der Waals surface area contributed by atoms with Crippen LogP contribution in [-0.2, 0) is 6.42 Å². The van der Waals surface area contributed by atoms with Crippen LogP contribution in [0.5, 0.6) is 0 Å². The number of hydrogen-bond acceptors (Lipinski definition) is 4. The smallest absolute Gasteiger partial charge is 0.272 e. The summed E-state index contributed by atoms with van der Waals surface area (Å²) in [6.07, 6.45) is 7.40. The second-order valence-electron chi connectivity index (χ2n) is 6.37. The number of nitrogens with zero attached hydrogens (tertiary/aromatic N) is 2. The van der Waals surface area contributed by atoms with Crippen molar-refractivity contribution in [2.45, 2.75) is 20.3 Å². The van der Waals surface area contributed by atoms with Crippen LogP contribution < -0.4 is 5.43 Å². The summed E-state index contributed by atoms with van der Waals surface area (Å²) in [5.74, 6) is 0.932. The Morgan fingerprint density at radius 3 is 2.88 bits per heavy atom. The van der Waals surface area contributed by atoms with Crippen LogP contribution in [0.3, 0.4) is 0 Å². The van der Waals surface area contributed by atoms with E-state index in [0.29, 0.717) is 11.5 Å². The molecule has 0 aliphatic carbocycles. The summed E-state index contributed by atoms with van der Waals surface area (Å²) >= 11 is 0. The fourth-order valence-electron chi connectivity index (χ4n) is 2.66. The second kappa shape index (κ2) is 8.25. The van der Waals surface area contributed by atoms with Crippen LogP contribution >= 0.6 is 0 Å². The number of nitrogens with one attached hydrogen (secondary N) is 1. The maximum atomic E-state index is 12.6. The van der Waals surface area contributed by atoms with Crippen LogP contribution in [0.2, 0.25) is 0 Å². The van der Waals surface area contributed by atoms with Crippen LogP contribution in [0.25, 0.3) is 17.0 Å². The average Bonchev–Trinajstić information content (AvgIpc) is 3.13. The third-order valence-electron chi connectivity index (χ3n) is 3.76. The third kappa shape index (κ3) is 4.45. The summed E-state index contributed by atoms with van der Waals surface area (Å²) < 4.78 is 5.18. The van der Waals surface area contributed by atoms with Crippen LogP contribution in [-0.4, -0.2) is 17.1 Å². The molecule has 1 N–H and O–H groups in total. The summed E-state index contributed by atoms with van der Waals surface area (Å²) in [6, 6.07) is 13.1. The van der Waals surface area contributed by atoms with E-state index in [4.69, 9.17) is 4.42 Å². The molecule has 1 amide bonds. The van der Waals surface area contributed by atoms with Crippen molar-refractivity contribution in [2.75, 3.05) is 0 Å². The zero-order chi connectivity index (χ0) is 18.4. The molecule has 26 heavy (non-hydrogen) atoms. The lowest BCUT2D eigenvalue weighted by molar-refractivity contribution is 0.0956. The Bertz CT molecular complexity index is 941. The Morgan fingerprint density at radius 1 is 1.27 bits per heavy atom. The number of carbonyl (C=O) groups is 1. The number of carbonyl (C=O) groups excluding carboxylic acids is 1. The van der Waals surface area contributed by atoms with Crippen molar-refractivity contribution in [3.05, 3.63) is 71.8 Å². The minimum atomic E-state index is -0.253. The Morgan fingerprint density at radius 2 is 2.12 bits per heavy atom. The zero-order valence-corrected chi connectivity index (χ0v) is 14.8. The highest BCUT2D eigenvalue weighted by atomic mass is 16.3. The largest absolute Gasteiger partial charge is 0.465 e. The Balaban J connectivity index is 1.78.